The average molecular weight is 254 g/mol. The van der Waals surface area contributed by atoms with E-state index in [9.17, 15) is 0 Å². The Morgan fingerprint density at radius 2 is 2.12 bits per heavy atom. The van der Waals surface area contributed by atoms with Crippen LogP contribution in [-0.4, -0.2) is 31.1 Å². The van der Waals surface area contributed by atoms with Gasteiger partial charge in [0.25, 0.3) is 0 Å². The summed E-state index contributed by atoms with van der Waals surface area (Å²) in [5.41, 5.74) is 0.350. The second kappa shape index (κ2) is 6.53. The molecule has 1 atom stereocenters. The Morgan fingerprint density at radius 3 is 2.65 bits per heavy atom. The van der Waals surface area contributed by atoms with Crippen LogP contribution in [0.25, 0.3) is 0 Å². The molecule has 1 rings (SSSR count). The van der Waals surface area contributed by atoms with Crippen molar-refractivity contribution < 1.29 is 0 Å². The minimum atomic E-state index is 0.350. The Balaban J connectivity index is 2.18. The zero-order chi connectivity index (χ0) is 12.9. The average Bonchev–Trinajstić information content (AvgIpc) is 2.74. The fourth-order valence-corrected chi connectivity index (χ4v) is 2.41. The van der Waals surface area contributed by atoms with Gasteiger partial charge in [0.15, 0.2) is 0 Å². The maximum atomic E-state index is 3.49. The normalized spacial score (nSPS) is 14.2. The lowest BCUT2D eigenvalue weighted by molar-refractivity contribution is 0.142. The molecular formula is C14H26N2S. The molecule has 0 bridgehead atoms. The van der Waals surface area contributed by atoms with Crippen LogP contribution in [0.3, 0.4) is 0 Å². The second-order valence-corrected chi connectivity index (χ2v) is 6.81. The van der Waals surface area contributed by atoms with E-state index in [1.807, 2.05) is 11.3 Å². The first kappa shape index (κ1) is 14.7. The van der Waals surface area contributed by atoms with Gasteiger partial charge in [-0.3, -0.25) is 0 Å². The summed E-state index contributed by atoms with van der Waals surface area (Å²) in [5.74, 6) is 0. The first-order chi connectivity index (χ1) is 7.91. The van der Waals surface area contributed by atoms with Crippen molar-refractivity contribution in [1.82, 2.24) is 10.2 Å². The van der Waals surface area contributed by atoms with Gasteiger partial charge in [-0.2, -0.15) is 0 Å². The van der Waals surface area contributed by atoms with E-state index in [4.69, 9.17) is 0 Å². The van der Waals surface area contributed by atoms with Crippen molar-refractivity contribution in [2.24, 2.45) is 5.41 Å². The van der Waals surface area contributed by atoms with Gasteiger partial charge in [-0.25, -0.2) is 0 Å². The Bertz CT molecular complexity index is 301. The Labute approximate surface area is 110 Å². The third-order valence-corrected chi connectivity index (χ3v) is 4.31. The largest absolute Gasteiger partial charge is 0.311 e. The summed E-state index contributed by atoms with van der Waals surface area (Å²) >= 11 is 1.82. The first-order valence-electron chi connectivity index (χ1n) is 6.34. The summed E-state index contributed by atoms with van der Waals surface area (Å²) in [4.78, 5) is 3.85. The topological polar surface area (TPSA) is 15.3 Å². The molecule has 1 unspecified atom stereocenters. The van der Waals surface area contributed by atoms with Crippen molar-refractivity contribution in [1.29, 1.82) is 0 Å². The van der Waals surface area contributed by atoms with Gasteiger partial charge < -0.3 is 10.2 Å². The summed E-state index contributed by atoms with van der Waals surface area (Å²) in [6, 6.07) is 4.89. The van der Waals surface area contributed by atoms with Gasteiger partial charge in [0.2, 0.25) is 0 Å². The standard InChI is InChI=1S/C14H26N2S/c1-12(14(2,3)4)16(5)9-8-15-11-13-7-6-10-17-13/h6-7,10,12,15H,8-9,11H2,1-5H3. The number of hydrogen-bond acceptors (Lipinski definition) is 3. The summed E-state index contributed by atoms with van der Waals surface area (Å²) in [6.45, 7) is 12.3. The van der Waals surface area contributed by atoms with Crippen LogP contribution in [0.15, 0.2) is 17.5 Å². The molecule has 0 fully saturated rings. The van der Waals surface area contributed by atoms with Crippen LogP contribution in [0.2, 0.25) is 0 Å². The second-order valence-electron chi connectivity index (χ2n) is 5.78. The molecule has 0 amide bonds. The van der Waals surface area contributed by atoms with Gasteiger partial charge in [0.05, 0.1) is 0 Å². The molecule has 2 nitrogen and oxygen atoms in total. The highest BCUT2D eigenvalue weighted by molar-refractivity contribution is 7.09. The van der Waals surface area contributed by atoms with Crippen LogP contribution >= 0.6 is 11.3 Å². The van der Waals surface area contributed by atoms with Crippen molar-refractivity contribution >= 4 is 11.3 Å². The number of likely N-dealkylation sites (N-methyl/N-ethyl adjacent to an activating group) is 1. The molecule has 0 saturated heterocycles. The molecular weight excluding hydrogens is 228 g/mol. The minimum Gasteiger partial charge on any atom is -0.311 e. The van der Waals surface area contributed by atoms with Gasteiger partial charge in [-0.15, -0.1) is 11.3 Å². The number of nitrogens with one attached hydrogen (secondary N) is 1. The van der Waals surface area contributed by atoms with E-state index < -0.39 is 0 Å². The molecule has 0 aromatic carbocycles. The molecule has 0 aliphatic heterocycles. The number of rotatable bonds is 6. The first-order valence-corrected chi connectivity index (χ1v) is 7.22. The molecule has 1 aromatic rings. The lowest BCUT2D eigenvalue weighted by Crippen LogP contribution is -2.42. The molecule has 98 valence electrons. The highest BCUT2D eigenvalue weighted by atomic mass is 32.1. The summed E-state index contributed by atoms with van der Waals surface area (Å²) in [5, 5.41) is 5.62. The van der Waals surface area contributed by atoms with Crippen molar-refractivity contribution in [3.63, 3.8) is 0 Å². The van der Waals surface area contributed by atoms with Crippen LogP contribution < -0.4 is 5.32 Å². The summed E-state index contributed by atoms with van der Waals surface area (Å²) < 4.78 is 0. The van der Waals surface area contributed by atoms with Crippen LogP contribution in [0.1, 0.15) is 32.6 Å². The zero-order valence-electron chi connectivity index (χ0n) is 11.8. The van der Waals surface area contributed by atoms with E-state index in [1.54, 1.807) is 0 Å². The third-order valence-electron chi connectivity index (χ3n) is 3.44. The van der Waals surface area contributed by atoms with Crippen molar-refractivity contribution in [2.45, 2.75) is 40.3 Å². The quantitative estimate of drug-likeness (QED) is 0.784. The van der Waals surface area contributed by atoms with Crippen molar-refractivity contribution in [3.8, 4) is 0 Å². The fraction of sp³-hybridized carbons (Fsp3) is 0.714. The molecule has 0 radical (unpaired) electrons. The summed E-state index contributed by atoms with van der Waals surface area (Å²) in [6.07, 6.45) is 0. The summed E-state index contributed by atoms with van der Waals surface area (Å²) in [7, 11) is 2.21. The third kappa shape index (κ3) is 5.19. The minimum absolute atomic E-state index is 0.350. The molecule has 0 aliphatic carbocycles. The van der Waals surface area contributed by atoms with Gasteiger partial charge in [0, 0.05) is 30.6 Å². The zero-order valence-corrected chi connectivity index (χ0v) is 12.6. The molecule has 3 heteroatoms. The van der Waals surface area contributed by atoms with E-state index >= 15 is 0 Å². The maximum absolute atomic E-state index is 3.49. The van der Waals surface area contributed by atoms with E-state index in [0.717, 1.165) is 19.6 Å². The predicted molar refractivity (Wildman–Crippen MR) is 77.6 cm³/mol. The Kier molecular flexibility index (Phi) is 5.63. The SMILES string of the molecule is CC(N(C)CCNCc1cccs1)C(C)(C)C. The van der Waals surface area contributed by atoms with Crippen LogP contribution in [0.4, 0.5) is 0 Å². The molecule has 1 N–H and O–H groups in total. The van der Waals surface area contributed by atoms with Crippen LogP contribution in [0.5, 0.6) is 0 Å². The lowest BCUT2D eigenvalue weighted by Gasteiger charge is -2.35. The number of hydrogen-bond donors (Lipinski definition) is 1. The van der Waals surface area contributed by atoms with Gasteiger partial charge in [0.1, 0.15) is 0 Å². The molecule has 1 heterocycles. The van der Waals surface area contributed by atoms with E-state index in [2.05, 4.69) is 62.5 Å². The van der Waals surface area contributed by atoms with Gasteiger partial charge in [-0.05, 0) is 30.8 Å². The maximum Gasteiger partial charge on any atom is 0.0300 e. The smallest absolute Gasteiger partial charge is 0.0300 e. The van der Waals surface area contributed by atoms with Gasteiger partial charge >= 0.3 is 0 Å². The molecule has 17 heavy (non-hydrogen) atoms. The Hall–Kier alpha value is -0.380. The fourth-order valence-electron chi connectivity index (χ4n) is 1.73. The van der Waals surface area contributed by atoms with Crippen LogP contribution in [-0.2, 0) is 6.54 Å². The van der Waals surface area contributed by atoms with Crippen LogP contribution in [0, 0.1) is 5.41 Å². The number of nitrogens with zero attached hydrogens (tertiary/aromatic N) is 1. The highest BCUT2D eigenvalue weighted by Gasteiger charge is 2.23. The molecule has 0 saturated carbocycles. The monoisotopic (exact) mass is 254 g/mol. The van der Waals surface area contributed by atoms with E-state index in [-0.39, 0.29) is 0 Å². The molecule has 0 aliphatic rings. The molecule has 0 spiro atoms. The van der Waals surface area contributed by atoms with Crippen molar-refractivity contribution in [2.75, 3.05) is 20.1 Å². The molecule has 1 aromatic heterocycles. The van der Waals surface area contributed by atoms with Gasteiger partial charge in [-0.1, -0.05) is 26.8 Å². The predicted octanol–water partition coefficient (Wildman–Crippen LogP) is 3.20. The Morgan fingerprint density at radius 1 is 1.41 bits per heavy atom. The number of thiophene rings is 1. The van der Waals surface area contributed by atoms with E-state index in [0.29, 0.717) is 11.5 Å². The van der Waals surface area contributed by atoms with E-state index in [1.165, 1.54) is 4.88 Å². The highest BCUT2D eigenvalue weighted by Crippen LogP contribution is 2.22. The van der Waals surface area contributed by atoms with Crippen molar-refractivity contribution in [3.05, 3.63) is 22.4 Å². The lowest BCUT2D eigenvalue weighted by atomic mass is 9.87.